The van der Waals surface area contributed by atoms with E-state index in [2.05, 4.69) is 9.97 Å². The molecule has 2 aromatic heterocycles. The number of amides is 1. The van der Waals surface area contributed by atoms with E-state index in [1.54, 1.807) is 10.6 Å². The van der Waals surface area contributed by atoms with Crippen molar-refractivity contribution in [2.75, 3.05) is 0 Å². The van der Waals surface area contributed by atoms with Gasteiger partial charge in [0.15, 0.2) is 0 Å². The Kier molecular flexibility index (Phi) is 2.53. The summed E-state index contributed by atoms with van der Waals surface area (Å²) in [6, 6.07) is 7.41. The Balaban J connectivity index is 2.37. The van der Waals surface area contributed by atoms with Crippen LogP contribution in [0.15, 0.2) is 30.5 Å². The van der Waals surface area contributed by atoms with Crippen molar-refractivity contribution in [2.45, 2.75) is 6.61 Å². The first kappa shape index (κ1) is 11.4. The molecule has 0 atom stereocenters. The van der Waals surface area contributed by atoms with Crippen LogP contribution >= 0.6 is 0 Å². The minimum Gasteiger partial charge on any atom is -0.390 e. The number of hydrogen-bond acceptors (Lipinski definition) is 5. The first-order valence-corrected chi connectivity index (χ1v) is 5.54. The van der Waals surface area contributed by atoms with Gasteiger partial charge in [-0.25, -0.2) is 14.8 Å². The quantitative estimate of drug-likeness (QED) is 0.708. The molecule has 3 aromatic rings. The third kappa shape index (κ3) is 1.85. The number of carbonyl (C=O) groups excluding carboxylic acids is 1. The number of aliphatic hydroxyl groups excluding tert-OH is 1. The highest BCUT2D eigenvalue weighted by Gasteiger charge is 2.14. The van der Waals surface area contributed by atoms with Crippen molar-refractivity contribution in [3.8, 4) is 5.88 Å². The number of aliphatic hydroxyl groups is 1. The van der Waals surface area contributed by atoms with Crippen molar-refractivity contribution in [1.29, 1.82) is 0 Å². The topological polar surface area (TPSA) is 103 Å². The second-order valence-electron chi connectivity index (χ2n) is 3.91. The molecular weight excluding hydrogens is 248 g/mol. The summed E-state index contributed by atoms with van der Waals surface area (Å²) in [6.45, 7) is -0.280. The predicted octanol–water partition coefficient (Wildman–Crippen LogP) is 0.832. The third-order valence-corrected chi connectivity index (χ3v) is 2.67. The van der Waals surface area contributed by atoms with E-state index >= 15 is 0 Å². The number of benzene rings is 1. The van der Waals surface area contributed by atoms with Gasteiger partial charge in [0.05, 0.1) is 23.3 Å². The number of carbonyl (C=O) groups is 1. The molecule has 96 valence electrons. The van der Waals surface area contributed by atoms with Crippen LogP contribution in [-0.2, 0) is 6.61 Å². The third-order valence-electron chi connectivity index (χ3n) is 2.67. The Labute approximate surface area is 107 Å². The Hall–Kier alpha value is -2.67. The second-order valence-corrected chi connectivity index (χ2v) is 3.91. The zero-order valence-corrected chi connectivity index (χ0v) is 9.78. The van der Waals surface area contributed by atoms with Crippen LogP contribution in [0.1, 0.15) is 5.69 Å². The maximum absolute atomic E-state index is 10.9. The molecule has 0 unspecified atom stereocenters. The summed E-state index contributed by atoms with van der Waals surface area (Å²) >= 11 is 0. The molecule has 3 rings (SSSR count). The van der Waals surface area contributed by atoms with E-state index in [9.17, 15) is 9.90 Å². The van der Waals surface area contributed by atoms with Crippen LogP contribution in [0.4, 0.5) is 4.79 Å². The van der Waals surface area contributed by atoms with Gasteiger partial charge in [-0.3, -0.25) is 4.40 Å². The van der Waals surface area contributed by atoms with Gasteiger partial charge in [-0.05, 0) is 12.1 Å². The standard InChI is InChI=1S/C12H10N4O3/c13-12(18)19-11-10-15-8-3-1-2-4-9(8)16(10)5-7(6-17)14-11/h1-5,17H,6H2,(H2,13,18). The molecule has 0 bridgehead atoms. The Morgan fingerprint density at radius 3 is 2.89 bits per heavy atom. The largest absolute Gasteiger partial charge is 0.411 e. The van der Waals surface area contributed by atoms with E-state index < -0.39 is 6.09 Å². The van der Waals surface area contributed by atoms with Gasteiger partial charge in [-0.15, -0.1) is 0 Å². The minimum atomic E-state index is -0.975. The average molecular weight is 258 g/mol. The van der Waals surface area contributed by atoms with Gasteiger partial charge in [0.2, 0.25) is 5.65 Å². The Morgan fingerprint density at radius 2 is 2.16 bits per heavy atom. The van der Waals surface area contributed by atoms with Gasteiger partial charge < -0.3 is 15.6 Å². The Morgan fingerprint density at radius 1 is 1.37 bits per heavy atom. The van der Waals surface area contributed by atoms with Gasteiger partial charge in [0.1, 0.15) is 0 Å². The zero-order chi connectivity index (χ0) is 13.4. The molecule has 0 aliphatic heterocycles. The number of rotatable bonds is 2. The number of nitrogens with two attached hydrogens (primary N) is 1. The summed E-state index contributed by atoms with van der Waals surface area (Å²) < 4.78 is 6.53. The molecule has 0 radical (unpaired) electrons. The number of fused-ring (bicyclic) bond motifs is 3. The number of ether oxygens (including phenoxy) is 1. The van der Waals surface area contributed by atoms with Crippen molar-refractivity contribution >= 4 is 22.8 Å². The molecule has 7 nitrogen and oxygen atoms in total. The maximum atomic E-state index is 10.9. The zero-order valence-electron chi connectivity index (χ0n) is 9.78. The highest BCUT2D eigenvalue weighted by Crippen LogP contribution is 2.23. The molecule has 2 heterocycles. The molecule has 0 saturated carbocycles. The van der Waals surface area contributed by atoms with Crippen LogP contribution in [0.3, 0.4) is 0 Å². The van der Waals surface area contributed by atoms with Crippen molar-refractivity contribution in [3.63, 3.8) is 0 Å². The highest BCUT2D eigenvalue weighted by atomic mass is 16.6. The van der Waals surface area contributed by atoms with Crippen LogP contribution in [0.2, 0.25) is 0 Å². The summed E-state index contributed by atoms with van der Waals surface area (Å²) in [5.74, 6) is -0.0183. The lowest BCUT2D eigenvalue weighted by molar-refractivity contribution is 0.208. The second kappa shape index (κ2) is 4.21. The van der Waals surface area contributed by atoms with Crippen LogP contribution < -0.4 is 10.5 Å². The van der Waals surface area contributed by atoms with Gasteiger partial charge >= 0.3 is 6.09 Å². The molecule has 1 amide bonds. The molecule has 19 heavy (non-hydrogen) atoms. The molecule has 7 heteroatoms. The van der Waals surface area contributed by atoms with Crippen molar-refractivity contribution in [3.05, 3.63) is 36.2 Å². The van der Waals surface area contributed by atoms with Crippen LogP contribution in [0, 0.1) is 0 Å². The smallest absolute Gasteiger partial charge is 0.390 e. The van der Waals surface area contributed by atoms with Crippen LogP contribution in [0.5, 0.6) is 5.88 Å². The fourth-order valence-electron chi connectivity index (χ4n) is 1.92. The van der Waals surface area contributed by atoms with Crippen molar-refractivity contribution in [2.24, 2.45) is 5.73 Å². The van der Waals surface area contributed by atoms with E-state index in [4.69, 9.17) is 10.5 Å². The lowest BCUT2D eigenvalue weighted by Gasteiger charge is -2.04. The number of para-hydroxylation sites is 2. The lowest BCUT2D eigenvalue weighted by Crippen LogP contribution is -2.18. The molecule has 3 N–H and O–H groups in total. The van der Waals surface area contributed by atoms with E-state index in [-0.39, 0.29) is 12.5 Å². The summed E-state index contributed by atoms with van der Waals surface area (Å²) in [6.07, 6.45) is 0.662. The number of primary amides is 1. The summed E-state index contributed by atoms with van der Waals surface area (Å²) in [7, 11) is 0. The average Bonchev–Trinajstić information content (AvgIpc) is 2.77. The molecule has 0 aliphatic rings. The van der Waals surface area contributed by atoms with Crippen LogP contribution in [-0.4, -0.2) is 25.6 Å². The normalized spacial score (nSPS) is 11.0. The van der Waals surface area contributed by atoms with E-state index in [0.717, 1.165) is 11.0 Å². The SMILES string of the molecule is NC(=O)Oc1nc(CO)cn2c1nc1ccccc12. The van der Waals surface area contributed by atoms with E-state index in [1.807, 2.05) is 24.3 Å². The molecule has 0 saturated heterocycles. The molecule has 0 fully saturated rings. The summed E-state index contributed by atoms with van der Waals surface area (Å²) in [5.41, 5.74) is 7.28. The van der Waals surface area contributed by atoms with Crippen molar-refractivity contribution in [1.82, 2.24) is 14.4 Å². The predicted molar refractivity (Wildman–Crippen MR) is 66.6 cm³/mol. The molecule has 1 aromatic carbocycles. The number of nitrogens with zero attached hydrogens (tertiary/aromatic N) is 3. The maximum Gasteiger partial charge on any atom is 0.411 e. The summed E-state index contributed by atoms with van der Waals surface area (Å²) in [5, 5.41) is 9.20. The first-order valence-electron chi connectivity index (χ1n) is 5.54. The number of hydrogen-bond donors (Lipinski definition) is 2. The molecule has 0 aliphatic carbocycles. The van der Waals surface area contributed by atoms with Gasteiger partial charge in [-0.2, -0.15) is 0 Å². The molecule has 0 spiro atoms. The number of imidazole rings is 1. The van der Waals surface area contributed by atoms with Gasteiger partial charge in [-0.1, -0.05) is 12.1 Å². The Bertz CT molecular complexity index is 781. The van der Waals surface area contributed by atoms with Crippen molar-refractivity contribution < 1.29 is 14.6 Å². The number of aromatic nitrogens is 3. The highest BCUT2D eigenvalue weighted by molar-refractivity contribution is 5.82. The fourth-order valence-corrected chi connectivity index (χ4v) is 1.92. The lowest BCUT2D eigenvalue weighted by atomic mass is 10.3. The van der Waals surface area contributed by atoms with Crippen LogP contribution in [0.25, 0.3) is 16.7 Å². The first-order chi connectivity index (χ1) is 9.19. The minimum absolute atomic E-state index is 0.0183. The summed E-state index contributed by atoms with van der Waals surface area (Å²) in [4.78, 5) is 19.2. The fraction of sp³-hybridized carbons (Fsp3) is 0.0833. The van der Waals surface area contributed by atoms with Gasteiger partial charge in [0.25, 0.3) is 5.88 Å². The van der Waals surface area contributed by atoms with E-state index in [0.29, 0.717) is 11.3 Å². The van der Waals surface area contributed by atoms with E-state index in [1.165, 1.54) is 0 Å². The molecular formula is C12H10N4O3. The van der Waals surface area contributed by atoms with Gasteiger partial charge in [0, 0.05) is 6.20 Å². The monoisotopic (exact) mass is 258 g/mol.